The van der Waals surface area contributed by atoms with Crippen LogP contribution in [0.1, 0.15) is 31.9 Å². The average molecular weight is 460 g/mol. The van der Waals surface area contributed by atoms with Crippen molar-refractivity contribution in [2.24, 2.45) is 0 Å². The van der Waals surface area contributed by atoms with Crippen LogP contribution in [0.15, 0.2) is 16.6 Å². The lowest BCUT2D eigenvalue weighted by molar-refractivity contribution is -0.0500. The minimum absolute atomic E-state index is 0.178. The molecule has 2 rings (SSSR count). The van der Waals surface area contributed by atoms with Crippen LogP contribution in [0.25, 0.3) is 0 Å². The molecule has 0 fully saturated rings. The van der Waals surface area contributed by atoms with E-state index in [2.05, 4.69) is 20.1 Å². The van der Waals surface area contributed by atoms with Gasteiger partial charge in [-0.2, -0.15) is 21.6 Å². The van der Waals surface area contributed by atoms with E-state index in [-0.39, 0.29) is 13.1 Å². The zero-order valence-electron chi connectivity index (χ0n) is 14.2. The number of ether oxygens (including phenoxy) is 1. The van der Waals surface area contributed by atoms with Crippen LogP contribution < -0.4 is 4.18 Å². The second kappa shape index (κ2) is 6.91. The van der Waals surface area contributed by atoms with Crippen molar-refractivity contribution in [3.05, 3.63) is 27.7 Å². The molecule has 1 heterocycles. The van der Waals surface area contributed by atoms with Crippen molar-refractivity contribution >= 4 is 32.1 Å². The number of carbonyl (C=O) groups excluding carboxylic acids is 1. The molecule has 0 atom stereocenters. The van der Waals surface area contributed by atoms with Gasteiger partial charge >= 0.3 is 21.7 Å². The van der Waals surface area contributed by atoms with Gasteiger partial charge in [0, 0.05) is 11.0 Å². The van der Waals surface area contributed by atoms with E-state index in [1.807, 2.05) is 0 Å². The van der Waals surface area contributed by atoms with E-state index in [1.165, 1.54) is 11.0 Å². The molecule has 0 aromatic heterocycles. The zero-order chi connectivity index (χ0) is 19.9. The number of alkyl halides is 3. The molecule has 1 aliphatic rings. The number of rotatable bonds is 2. The lowest BCUT2D eigenvalue weighted by Gasteiger charge is -2.31. The molecule has 26 heavy (non-hydrogen) atoms. The van der Waals surface area contributed by atoms with Crippen LogP contribution in [-0.4, -0.2) is 37.1 Å². The van der Waals surface area contributed by atoms with Gasteiger partial charge in [-0.15, -0.1) is 0 Å². The topological polar surface area (TPSA) is 72.9 Å². The Labute approximate surface area is 157 Å². The number of hydrogen-bond donors (Lipinski definition) is 0. The molecule has 0 spiro atoms. The third kappa shape index (κ3) is 4.81. The average Bonchev–Trinajstić information content (AvgIpc) is 2.43. The molecule has 1 amide bonds. The largest absolute Gasteiger partial charge is 0.534 e. The molecular weight excluding hydrogens is 443 g/mol. The van der Waals surface area contributed by atoms with Gasteiger partial charge in [0.15, 0.2) is 0 Å². The van der Waals surface area contributed by atoms with Gasteiger partial charge in [-0.3, -0.25) is 0 Å². The summed E-state index contributed by atoms with van der Waals surface area (Å²) in [6.45, 7) is 5.68. The maximum Gasteiger partial charge on any atom is 0.534 e. The molecule has 0 radical (unpaired) electrons. The zero-order valence-corrected chi connectivity index (χ0v) is 16.6. The van der Waals surface area contributed by atoms with Crippen LogP contribution >= 0.6 is 15.9 Å². The Morgan fingerprint density at radius 1 is 1.23 bits per heavy atom. The first kappa shape index (κ1) is 20.8. The van der Waals surface area contributed by atoms with Gasteiger partial charge in [-0.1, -0.05) is 15.9 Å². The molecule has 1 aromatic rings. The summed E-state index contributed by atoms with van der Waals surface area (Å²) < 4.78 is 69.5. The Kier molecular flexibility index (Phi) is 5.54. The molecule has 146 valence electrons. The summed E-state index contributed by atoms with van der Waals surface area (Å²) in [6.07, 6.45) is -0.189. The third-order valence-corrected chi connectivity index (χ3v) is 5.09. The van der Waals surface area contributed by atoms with Crippen molar-refractivity contribution in [2.45, 2.75) is 44.8 Å². The van der Waals surface area contributed by atoms with E-state index < -0.39 is 33.1 Å². The second-order valence-corrected chi connectivity index (χ2v) is 9.07. The summed E-state index contributed by atoms with van der Waals surface area (Å²) in [6, 6.07) is 2.36. The van der Waals surface area contributed by atoms with Crippen LogP contribution in [0.2, 0.25) is 0 Å². The van der Waals surface area contributed by atoms with Crippen LogP contribution in [0.3, 0.4) is 0 Å². The number of amides is 1. The van der Waals surface area contributed by atoms with Crippen molar-refractivity contribution in [3.8, 4) is 5.75 Å². The van der Waals surface area contributed by atoms with E-state index >= 15 is 0 Å². The smallest absolute Gasteiger partial charge is 0.444 e. The second-order valence-electron chi connectivity index (χ2n) is 6.68. The Balaban J connectivity index is 2.23. The van der Waals surface area contributed by atoms with Gasteiger partial charge in [0.1, 0.15) is 11.4 Å². The quantitative estimate of drug-likeness (QED) is 0.494. The fraction of sp³-hybridized carbons (Fsp3) is 0.533. The Hall–Kier alpha value is -1.49. The first-order chi connectivity index (χ1) is 11.7. The summed E-state index contributed by atoms with van der Waals surface area (Å²) in [4.78, 5) is 13.6. The number of hydrogen-bond acceptors (Lipinski definition) is 5. The third-order valence-electron chi connectivity index (χ3n) is 3.40. The van der Waals surface area contributed by atoms with Crippen molar-refractivity contribution in [1.29, 1.82) is 0 Å². The Morgan fingerprint density at radius 3 is 2.38 bits per heavy atom. The Morgan fingerprint density at radius 2 is 1.85 bits per heavy atom. The first-order valence-corrected chi connectivity index (χ1v) is 9.70. The van der Waals surface area contributed by atoms with Crippen LogP contribution in [-0.2, 0) is 27.8 Å². The molecule has 0 aliphatic carbocycles. The maximum atomic E-state index is 12.5. The van der Waals surface area contributed by atoms with E-state index in [0.29, 0.717) is 22.0 Å². The first-order valence-electron chi connectivity index (χ1n) is 7.49. The van der Waals surface area contributed by atoms with E-state index in [0.717, 1.165) is 6.07 Å². The predicted octanol–water partition coefficient (Wildman–Crippen LogP) is 3.97. The van der Waals surface area contributed by atoms with E-state index in [4.69, 9.17) is 4.74 Å². The highest BCUT2D eigenvalue weighted by atomic mass is 79.9. The molecule has 11 heteroatoms. The molecule has 0 N–H and O–H groups in total. The summed E-state index contributed by atoms with van der Waals surface area (Å²) in [5.74, 6) is -0.446. The van der Waals surface area contributed by atoms with Crippen LogP contribution in [0, 0.1) is 0 Å². The summed E-state index contributed by atoms with van der Waals surface area (Å²) in [5, 5.41) is 0. The highest BCUT2D eigenvalue weighted by Gasteiger charge is 2.48. The molecule has 1 aromatic carbocycles. The monoisotopic (exact) mass is 459 g/mol. The molecule has 0 bridgehead atoms. The van der Waals surface area contributed by atoms with Gasteiger partial charge in [0.05, 0.1) is 6.54 Å². The number of halogens is 4. The summed E-state index contributed by atoms with van der Waals surface area (Å²) >= 11 is 3.19. The number of nitrogens with zero attached hydrogens (tertiary/aromatic N) is 1. The summed E-state index contributed by atoms with van der Waals surface area (Å²) in [7, 11) is -5.74. The number of carbonyl (C=O) groups is 1. The molecule has 0 unspecified atom stereocenters. The maximum absolute atomic E-state index is 12.5. The fourth-order valence-electron chi connectivity index (χ4n) is 2.30. The molecule has 6 nitrogen and oxygen atoms in total. The van der Waals surface area contributed by atoms with Gasteiger partial charge in [-0.05, 0) is 50.5 Å². The van der Waals surface area contributed by atoms with E-state index in [1.54, 1.807) is 20.8 Å². The van der Waals surface area contributed by atoms with Crippen LogP contribution in [0.4, 0.5) is 18.0 Å². The van der Waals surface area contributed by atoms with Crippen molar-refractivity contribution in [3.63, 3.8) is 0 Å². The van der Waals surface area contributed by atoms with Gasteiger partial charge in [0.25, 0.3) is 0 Å². The molecular formula is C15H17BrF3NO5S. The molecule has 1 aliphatic heterocycles. The highest BCUT2D eigenvalue weighted by Crippen LogP contribution is 2.34. The van der Waals surface area contributed by atoms with Gasteiger partial charge < -0.3 is 13.8 Å². The van der Waals surface area contributed by atoms with E-state index in [9.17, 15) is 26.4 Å². The van der Waals surface area contributed by atoms with Gasteiger partial charge in [0.2, 0.25) is 0 Å². The van der Waals surface area contributed by atoms with Gasteiger partial charge in [-0.25, -0.2) is 4.79 Å². The normalized spacial score (nSPS) is 15.4. The van der Waals surface area contributed by atoms with Crippen molar-refractivity contribution in [2.75, 3.05) is 6.54 Å². The minimum Gasteiger partial charge on any atom is -0.444 e. The molecule has 0 saturated carbocycles. The fourth-order valence-corrected chi connectivity index (χ4v) is 3.35. The predicted molar refractivity (Wildman–Crippen MR) is 90.1 cm³/mol. The lowest BCUT2D eigenvalue weighted by Crippen LogP contribution is -2.40. The van der Waals surface area contributed by atoms with Crippen molar-refractivity contribution < 1.29 is 35.3 Å². The summed E-state index contributed by atoms with van der Waals surface area (Å²) in [5.41, 5.74) is -4.92. The molecule has 0 saturated heterocycles. The standard InChI is InChI=1S/C15H17BrF3NO5S/c1-14(2,3)24-13(21)20-5-4-9-6-10(7-12(16)11(9)8-20)25-26(22,23)15(17,18)19/h6-7H,4-5,8H2,1-3H3. The number of fused-ring (bicyclic) bond motifs is 1. The highest BCUT2D eigenvalue weighted by molar-refractivity contribution is 9.10. The minimum atomic E-state index is -5.74. The Bertz CT molecular complexity index is 818. The van der Waals surface area contributed by atoms with Crippen LogP contribution in [0.5, 0.6) is 5.75 Å². The number of benzene rings is 1. The lowest BCUT2D eigenvalue weighted by atomic mass is 10.00. The van der Waals surface area contributed by atoms with Crippen molar-refractivity contribution in [1.82, 2.24) is 4.90 Å². The SMILES string of the molecule is CC(C)(C)OC(=O)N1CCc2cc(OS(=O)(=O)C(F)(F)F)cc(Br)c2C1.